The number of rotatable bonds is 1. The van der Waals surface area contributed by atoms with E-state index in [4.69, 9.17) is 0 Å². The zero-order valence-corrected chi connectivity index (χ0v) is 9.97. The first kappa shape index (κ1) is 10.3. The number of nitrogens with zero attached hydrogens (tertiary/aromatic N) is 2. The van der Waals surface area contributed by atoms with Crippen molar-refractivity contribution in [1.82, 2.24) is 14.6 Å². The first-order chi connectivity index (χ1) is 9.34. The molecule has 0 atom stereocenters. The van der Waals surface area contributed by atoms with Gasteiger partial charge in [-0.1, -0.05) is 42.5 Å². The van der Waals surface area contributed by atoms with Gasteiger partial charge >= 0.3 is 0 Å². The van der Waals surface area contributed by atoms with E-state index in [1.54, 1.807) is 4.52 Å². The van der Waals surface area contributed by atoms with Crippen LogP contribution in [0.3, 0.4) is 0 Å². The lowest BCUT2D eigenvalue weighted by Gasteiger charge is -1.97. The molecule has 0 bridgehead atoms. The summed E-state index contributed by atoms with van der Waals surface area (Å²) >= 11 is 0. The van der Waals surface area contributed by atoms with Crippen LogP contribution < -0.4 is 0 Å². The number of fused-ring (bicyclic) bond motifs is 3. The molecule has 1 N–H and O–H groups in total. The molecule has 0 unspecified atom stereocenters. The molecule has 0 amide bonds. The summed E-state index contributed by atoms with van der Waals surface area (Å²) in [6, 6.07) is 17.0. The molecule has 0 fully saturated rings. The Kier molecular flexibility index (Phi) is 2.00. The molecule has 2 heterocycles. The van der Waals surface area contributed by atoms with Gasteiger partial charge in [0.15, 0.2) is 11.5 Å². The van der Waals surface area contributed by atoms with Gasteiger partial charge in [0.25, 0.3) is 0 Å². The van der Waals surface area contributed by atoms with E-state index in [2.05, 4.69) is 10.1 Å². The topological polar surface area (TPSA) is 33.1 Å². The Bertz CT molecular complexity index is 874. The quantitative estimate of drug-likeness (QED) is 0.550. The molecule has 0 aliphatic heterocycles. The van der Waals surface area contributed by atoms with Crippen molar-refractivity contribution in [3.05, 3.63) is 60.4 Å². The van der Waals surface area contributed by atoms with E-state index in [1.807, 2.05) is 54.6 Å². The van der Waals surface area contributed by atoms with E-state index in [-0.39, 0.29) is 5.82 Å². The first-order valence-corrected chi connectivity index (χ1v) is 6.05. The highest BCUT2D eigenvalue weighted by Crippen LogP contribution is 2.26. The second-order valence-electron chi connectivity index (χ2n) is 4.43. The number of nitrogens with one attached hydrogen (secondary N) is 1. The van der Waals surface area contributed by atoms with Gasteiger partial charge in [-0.15, -0.1) is 0 Å². The average molecular weight is 251 g/mol. The van der Waals surface area contributed by atoms with E-state index < -0.39 is 0 Å². The normalized spacial score (nSPS) is 11.4. The lowest BCUT2D eigenvalue weighted by molar-refractivity contribution is 0.640. The second kappa shape index (κ2) is 3.68. The van der Waals surface area contributed by atoms with Crippen LogP contribution in [0.2, 0.25) is 0 Å². The molecule has 0 saturated heterocycles. The van der Waals surface area contributed by atoms with E-state index >= 15 is 0 Å². The fourth-order valence-corrected chi connectivity index (χ4v) is 2.36. The smallest absolute Gasteiger partial charge is 0.193 e. The van der Waals surface area contributed by atoms with Crippen molar-refractivity contribution >= 4 is 16.7 Å². The number of aromatic amines is 1. The number of para-hydroxylation sites is 2. The Labute approximate surface area is 108 Å². The third-order valence-corrected chi connectivity index (χ3v) is 3.26. The van der Waals surface area contributed by atoms with Gasteiger partial charge in [-0.3, -0.25) is 5.10 Å². The Morgan fingerprint density at radius 1 is 0.947 bits per heavy atom. The minimum atomic E-state index is -0.317. The molecule has 92 valence electrons. The minimum absolute atomic E-state index is 0.317. The molecule has 4 rings (SSSR count). The number of halogens is 1. The molecule has 2 aromatic heterocycles. The maximum atomic E-state index is 14.4. The standard InChI is InChI=1S/C15H10FN3/c16-13-14(10-6-2-1-3-7-10)18-19-12-9-5-4-8-11(12)17-15(13)19/h1-9,18H. The molecular weight excluding hydrogens is 241 g/mol. The summed E-state index contributed by atoms with van der Waals surface area (Å²) in [7, 11) is 0. The summed E-state index contributed by atoms with van der Waals surface area (Å²) in [4.78, 5) is 4.32. The van der Waals surface area contributed by atoms with Crippen LogP contribution >= 0.6 is 0 Å². The molecule has 0 saturated carbocycles. The Morgan fingerprint density at radius 3 is 2.53 bits per heavy atom. The molecule has 0 aliphatic carbocycles. The Morgan fingerprint density at radius 2 is 1.68 bits per heavy atom. The monoisotopic (exact) mass is 251 g/mol. The maximum Gasteiger partial charge on any atom is 0.193 e. The summed E-state index contributed by atoms with van der Waals surface area (Å²) in [5, 5.41) is 3.08. The molecular formula is C15H10FN3. The zero-order valence-electron chi connectivity index (χ0n) is 9.97. The highest BCUT2D eigenvalue weighted by atomic mass is 19.1. The van der Waals surface area contributed by atoms with Crippen LogP contribution in [-0.2, 0) is 0 Å². The van der Waals surface area contributed by atoms with Crippen molar-refractivity contribution in [2.45, 2.75) is 0 Å². The maximum absolute atomic E-state index is 14.4. The van der Waals surface area contributed by atoms with E-state index in [1.165, 1.54) is 0 Å². The predicted octanol–water partition coefficient (Wildman–Crippen LogP) is 3.62. The molecule has 0 spiro atoms. The third-order valence-electron chi connectivity index (χ3n) is 3.26. The summed E-state index contributed by atoms with van der Waals surface area (Å²) in [5.74, 6) is -0.317. The van der Waals surface area contributed by atoms with Gasteiger partial charge in [0.1, 0.15) is 5.69 Å². The van der Waals surface area contributed by atoms with Crippen LogP contribution in [0.1, 0.15) is 0 Å². The molecule has 4 aromatic rings. The number of aromatic nitrogens is 3. The van der Waals surface area contributed by atoms with Crippen molar-refractivity contribution in [1.29, 1.82) is 0 Å². The van der Waals surface area contributed by atoms with Crippen LogP contribution in [0.5, 0.6) is 0 Å². The minimum Gasteiger partial charge on any atom is -0.289 e. The van der Waals surface area contributed by atoms with Crippen LogP contribution in [0.25, 0.3) is 27.9 Å². The van der Waals surface area contributed by atoms with Gasteiger partial charge in [-0.05, 0) is 12.1 Å². The second-order valence-corrected chi connectivity index (χ2v) is 4.43. The number of benzene rings is 2. The highest BCUT2D eigenvalue weighted by molar-refractivity contribution is 5.82. The van der Waals surface area contributed by atoms with Crippen LogP contribution in [0, 0.1) is 5.82 Å². The zero-order chi connectivity index (χ0) is 12.8. The lowest BCUT2D eigenvalue weighted by atomic mass is 10.1. The lowest BCUT2D eigenvalue weighted by Crippen LogP contribution is -1.84. The molecule has 0 radical (unpaired) electrons. The fraction of sp³-hybridized carbons (Fsp3) is 0. The third kappa shape index (κ3) is 1.40. The largest absolute Gasteiger partial charge is 0.289 e. The summed E-state index contributed by atoms with van der Waals surface area (Å²) < 4.78 is 16.1. The Hall–Kier alpha value is -2.62. The fourth-order valence-electron chi connectivity index (χ4n) is 2.36. The van der Waals surface area contributed by atoms with Gasteiger partial charge in [0.05, 0.1) is 11.0 Å². The number of H-pyrrole nitrogens is 1. The van der Waals surface area contributed by atoms with Crippen LogP contribution in [-0.4, -0.2) is 14.6 Å². The summed E-state index contributed by atoms with van der Waals surface area (Å²) in [6.07, 6.45) is 0. The first-order valence-electron chi connectivity index (χ1n) is 6.05. The van der Waals surface area contributed by atoms with Crippen LogP contribution in [0.4, 0.5) is 4.39 Å². The van der Waals surface area contributed by atoms with E-state index in [9.17, 15) is 4.39 Å². The van der Waals surface area contributed by atoms with E-state index in [0.29, 0.717) is 11.3 Å². The number of imidazole rings is 1. The highest BCUT2D eigenvalue weighted by Gasteiger charge is 2.16. The average Bonchev–Trinajstić information content (AvgIpc) is 2.98. The predicted molar refractivity (Wildman–Crippen MR) is 72.4 cm³/mol. The van der Waals surface area contributed by atoms with Crippen molar-refractivity contribution in [2.75, 3.05) is 0 Å². The molecule has 3 nitrogen and oxygen atoms in total. The Balaban J connectivity index is 2.07. The molecule has 4 heteroatoms. The SMILES string of the molecule is Fc1c(-c2ccccc2)[nH]n2c1nc1ccccc12. The molecule has 2 aromatic carbocycles. The van der Waals surface area contributed by atoms with Crippen molar-refractivity contribution in [3.63, 3.8) is 0 Å². The van der Waals surface area contributed by atoms with E-state index in [0.717, 1.165) is 16.6 Å². The summed E-state index contributed by atoms with van der Waals surface area (Å²) in [6.45, 7) is 0. The van der Waals surface area contributed by atoms with Gasteiger partial charge in [-0.2, -0.15) is 0 Å². The summed E-state index contributed by atoms with van der Waals surface area (Å²) in [5.41, 5.74) is 3.27. The molecule has 19 heavy (non-hydrogen) atoms. The van der Waals surface area contributed by atoms with Crippen molar-refractivity contribution < 1.29 is 4.39 Å². The van der Waals surface area contributed by atoms with Gasteiger partial charge in [0.2, 0.25) is 0 Å². The number of hydrogen-bond donors (Lipinski definition) is 1. The van der Waals surface area contributed by atoms with Gasteiger partial charge in [0, 0.05) is 5.56 Å². The van der Waals surface area contributed by atoms with Crippen molar-refractivity contribution in [2.24, 2.45) is 0 Å². The van der Waals surface area contributed by atoms with Gasteiger partial charge in [-0.25, -0.2) is 13.9 Å². The molecule has 0 aliphatic rings. The van der Waals surface area contributed by atoms with Crippen molar-refractivity contribution in [3.8, 4) is 11.3 Å². The van der Waals surface area contributed by atoms with Gasteiger partial charge < -0.3 is 0 Å². The van der Waals surface area contributed by atoms with Crippen LogP contribution in [0.15, 0.2) is 54.6 Å². The number of hydrogen-bond acceptors (Lipinski definition) is 1.